The second kappa shape index (κ2) is 4.68. The number of alkyl halides is 6. The standard InChI is InChI=1S/C18H26F6O/c1-13(2,3)11-10-8-15(12(11)14(15,4)5)6-9(10)7-16(25,17(19,20)21)18(22,23)24/h9-12,25H,6-8H2,1-5H3. The Morgan fingerprint density at radius 2 is 1.40 bits per heavy atom. The molecule has 0 heterocycles. The summed E-state index contributed by atoms with van der Waals surface area (Å²) in [6, 6.07) is 0. The van der Waals surface area contributed by atoms with Crippen LogP contribution in [0.5, 0.6) is 0 Å². The molecule has 2 bridgehead atoms. The van der Waals surface area contributed by atoms with E-state index in [9.17, 15) is 31.4 Å². The average Bonchev–Trinajstić information content (AvgIpc) is 2.74. The number of fused-ring (bicyclic) bond motifs is 1. The van der Waals surface area contributed by atoms with Crippen LogP contribution < -0.4 is 0 Å². The van der Waals surface area contributed by atoms with Crippen molar-refractivity contribution in [1.82, 2.24) is 0 Å². The fraction of sp³-hybridized carbons (Fsp3) is 1.00. The fourth-order valence-electron chi connectivity index (χ4n) is 6.65. The Kier molecular flexibility index (Phi) is 3.62. The first-order valence-electron chi connectivity index (χ1n) is 8.76. The van der Waals surface area contributed by atoms with E-state index in [1.165, 1.54) is 0 Å². The molecule has 146 valence electrons. The predicted molar refractivity (Wildman–Crippen MR) is 80.5 cm³/mol. The fourth-order valence-corrected chi connectivity index (χ4v) is 6.65. The van der Waals surface area contributed by atoms with Crippen LogP contribution in [-0.4, -0.2) is 23.1 Å². The SMILES string of the molecule is CC(C)(C)C1C2CC3(CC2CC(O)(C(F)(F)F)C(F)(F)F)C1C3(C)C. The summed E-state index contributed by atoms with van der Waals surface area (Å²) < 4.78 is 78.7. The second-order valence-corrected chi connectivity index (χ2v) is 10.1. The van der Waals surface area contributed by atoms with Gasteiger partial charge in [0.2, 0.25) is 0 Å². The largest absolute Gasteiger partial charge is 0.426 e. The van der Waals surface area contributed by atoms with Crippen LogP contribution in [0.25, 0.3) is 0 Å². The van der Waals surface area contributed by atoms with E-state index in [1.54, 1.807) is 0 Å². The molecule has 3 saturated carbocycles. The van der Waals surface area contributed by atoms with Crippen LogP contribution in [0.1, 0.15) is 53.9 Å². The Labute approximate surface area is 144 Å². The molecule has 0 aliphatic heterocycles. The summed E-state index contributed by atoms with van der Waals surface area (Å²) in [4.78, 5) is 0. The van der Waals surface area contributed by atoms with Gasteiger partial charge in [0.05, 0.1) is 0 Å². The molecular formula is C18H26F6O. The van der Waals surface area contributed by atoms with Crippen molar-refractivity contribution in [1.29, 1.82) is 0 Å². The van der Waals surface area contributed by atoms with E-state index in [4.69, 9.17) is 0 Å². The highest BCUT2D eigenvalue weighted by atomic mass is 19.4. The van der Waals surface area contributed by atoms with Gasteiger partial charge in [-0.3, -0.25) is 0 Å². The van der Waals surface area contributed by atoms with Crippen LogP contribution in [0.15, 0.2) is 0 Å². The third-order valence-corrected chi connectivity index (χ3v) is 7.72. The van der Waals surface area contributed by atoms with Crippen molar-refractivity contribution >= 4 is 0 Å². The maximum absolute atomic E-state index is 13.1. The summed E-state index contributed by atoms with van der Waals surface area (Å²) in [6.45, 7) is 10.2. The van der Waals surface area contributed by atoms with Crippen molar-refractivity contribution < 1.29 is 31.4 Å². The lowest BCUT2D eigenvalue weighted by Gasteiger charge is -2.42. The zero-order valence-corrected chi connectivity index (χ0v) is 15.1. The molecule has 5 unspecified atom stereocenters. The molecule has 3 rings (SSSR count). The van der Waals surface area contributed by atoms with E-state index < -0.39 is 30.3 Å². The lowest BCUT2D eigenvalue weighted by Crippen LogP contribution is -2.58. The minimum absolute atomic E-state index is 0.0508. The third kappa shape index (κ3) is 2.26. The average molecular weight is 372 g/mol. The number of rotatable bonds is 2. The maximum atomic E-state index is 13.1. The van der Waals surface area contributed by atoms with Crippen LogP contribution in [0, 0.1) is 39.9 Å². The lowest BCUT2D eigenvalue weighted by molar-refractivity contribution is -0.373. The Morgan fingerprint density at radius 1 is 0.920 bits per heavy atom. The summed E-state index contributed by atoms with van der Waals surface area (Å²) in [7, 11) is 0. The Morgan fingerprint density at radius 3 is 1.76 bits per heavy atom. The third-order valence-electron chi connectivity index (χ3n) is 7.72. The van der Waals surface area contributed by atoms with Gasteiger partial charge in [0.1, 0.15) is 0 Å². The first-order chi connectivity index (χ1) is 10.9. The molecule has 0 amide bonds. The van der Waals surface area contributed by atoms with Crippen molar-refractivity contribution in [3.63, 3.8) is 0 Å². The van der Waals surface area contributed by atoms with Gasteiger partial charge in [0, 0.05) is 0 Å². The molecule has 0 saturated heterocycles. The van der Waals surface area contributed by atoms with Gasteiger partial charge in [-0.2, -0.15) is 26.3 Å². The van der Waals surface area contributed by atoms with E-state index >= 15 is 0 Å². The van der Waals surface area contributed by atoms with Crippen LogP contribution >= 0.6 is 0 Å². The van der Waals surface area contributed by atoms with Crippen LogP contribution in [0.4, 0.5) is 26.3 Å². The first kappa shape index (κ1) is 19.3. The highest BCUT2D eigenvalue weighted by molar-refractivity contribution is 5.30. The van der Waals surface area contributed by atoms with Gasteiger partial charge in [-0.15, -0.1) is 0 Å². The summed E-state index contributed by atoms with van der Waals surface area (Å²) in [5.74, 6) is -0.497. The minimum Gasteiger partial charge on any atom is -0.374 e. The molecule has 3 fully saturated rings. The molecule has 1 spiro atoms. The molecule has 1 N–H and O–H groups in total. The minimum atomic E-state index is -5.72. The molecule has 0 aromatic heterocycles. The number of halogens is 6. The maximum Gasteiger partial charge on any atom is 0.426 e. The molecule has 3 aliphatic carbocycles. The van der Waals surface area contributed by atoms with Crippen molar-refractivity contribution in [3.8, 4) is 0 Å². The van der Waals surface area contributed by atoms with Gasteiger partial charge in [0.15, 0.2) is 0 Å². The smallest absolute Gasteiger partial charge is 0.374 e. The molecule has 0 aromatic carbocycles. The van der Waals surface area contributed by atoms with Gasteiger partial charge in [0.25, 0.3) is 5.60 Å². The zero-order chi connectivity index (χ0) is 19.4. The molecule has 5 atom stereocenters. The summed E-state index contributed by atoms with van der Waals surface area (Å²) >= 11 is 0. The number of aliphatic hydroxyl groups is 1. The van der Waals surface area contributed by atoms with E-state index in [1.807, 2.05) is 20.8 Å². The Bertz CT molecular complexity index is 556. The van der Waals surface area contributed by atoms with E-state index in [0.29, 0.717) is 18.8 Å². The molecule has 0 radical (unpaired) electrons. The highest BCUT2D eigenvalue weighted by Gasteiger charge is 2.83. The molecule has 3 aliphatic rings. The van der Waals surface area contributed by atoms with Crippen molar-refractivity contribution in [2.45, 2.75) is 71.8 Å². The van der Waals surface area contributed by atoms with E-state index in [2.05, 4.69) is 13.8 Å². The summed E-state index contributed by atoms with van der Waals surface area (Å²) in [5, 5.41) is 9.64. The number of hydrogen-bond donors (Lipinski definition) is 1. The molecule has 1 nitrogen and oxygen atoms in total. The van der Waals surface area contributed by atoms with Crippen molar-refractivity contribution in [2.24, 2.45) is 39.9 Å². The topological polar surface area (TPSA) is 20.2 Å². The monoisotopic (exact) mass is 372 g/mol. The predicted octanol–water partition coefficient (Wildman–Crippen LogP) is 5.58. The normalized spacial score (nSPS) is 40.3. The summed E-state index contributed by atoms with van der Waals surface area (Å²) in [5.41, 5.74) is -5.01. The van der Waals surface area contributed by atoms with Gasteiger partial charge in [-0.05, 0) is 59.2 Å². The van der Waals surface area contributed by atoms with Crippen LogP contribution in [0.3, 0.4) is 0 Å². The molecule has 0 aromatic rings. The van der Waals surface area contributed by atoms with E-state index in [0.717, 1.165) is 0 Å². The Balaban J connectivity index is 1.93. The molecule has 7 heteroatoms. The van der Waals surface area contributed by atoms with Gasteiger partial charge in [-0.1, -0.05) is 34.6 Å². The second-order valence-electron chi connectivity index (χ2n) is 10.1. The van der Waals surface area contributed by atoms with E-state index in [-0.39, 0.29) is 28.1 Å². The zero-order valence-electron chi connectivity index (χ0n) is 15.1. The molecule has 25 heavy (non-hydrogen) atoms. The van der Waals surface area contributed by atoms with Gasteiger partial charge >= 0.3 is 12.4 Å². The van der Waals surface area contributed by atoms with Crippen molar-refractivity contribution in [2.75, 3.05) is 0 Å². The lowest BCUT2D eigenvalue weighted by atomic mass is 9.65. The summed E-state index contributed by atoms with van der Waals surface area (Å²) in [6.07, 6.45) is -11.7. The van der Waals surface area contributed by atoms with Crippen molar-refractivity contribution in [3.05, 3.63) is 0 Å². The van der Waals surface area contributed by atoms with Gasteiger partial charge in [-0.25, -0.2) is 0 Å². The number of hydrogen-bond acceptors (Lipinski definition) is 1. The first-order valence-corrected chi connectivity index (χ1v) is 8.76. The molecular weight excluding hydrogens is 346 g/mol. The van der Waals surface area contributed by atoms with Crippen LogP contribution in [0.2, 0.25) is 0 Å². The highest BCUT2D eigenvalue weighted by Crippen LogP contribution is 2.88. The quantitative estimate of drug-likeness (QED) is 0.628. The van der Waals surface area contributed by atoms with Gasteiger partial charge < -0.3 is 5.11 Å². The Hall–Kier alpha value is -0.460. The van der Waals surface area contributed by atoms with Crippen LogP contribution in [-0.2, 0) is 0 Å².